The second-order valence-electron chi connectivity index (χ2n) is 6.83. The minimum atomic E-state index is -0.662. The third-order valence-corrected chi connectivity index (χ3v) is 5.07. The molecule has 0 unspecified atom stereocenters. The Morgan fingerprint density at radius 3 is 2.50 bits per heavy atom. The van der Waals surface area contributed by atoms with Gasteiger partial charge < -0.3 is 15.4 Å². The highest BCUT2D eigenvalue weighted by Gasteiger charge is 2.39. The van der Waals surface area contributed by atoms with Crippen LogP contribution in [0.3, 0.4) is 0 Å². The van der Waals surface area contributed by atoms with Crippen molar-refractivity contribution < 1.29 is 9.53 Å². The molecule has 1 amide bonds. The molecule has 2 rings (SSSR count). The van der Waals surface area contributed by atoms with Crippen molar-refractivity contribution in [3.8, 4) is 0 Å². The fourth-order valence-corrected chi connectivity index (χ4v) is 3.59. The molecular formula is C16H29Cl2N3O2S. The highest BCUT2D eigenvalue weighted by Crippen LogP contribution is 2.24. The van der Waals surface area contributed by atoms with Gasteiger partial charge in [-0.3, -0.25) is 4.79 Å². The van der Waals surface area contributed by atoms with Crippen LogP contribution in [0.15, 0.2) is 5.38 Å². The second kappa shape index (κ2) is 9.92. The number of nitrogens with zero attached hydrogens (tertiary/aromatic N) is 1. The van der Waals surface area contributed by atoms with E-state index in [0.717, 1.165) is 43.1 Å². The Labute approximate surface area is 161 Å². The lowest BCUT2D eigenvalue weighted by molar-refractivity contribution is -0.146. The maximum Gasteiger partial charge on any atom is 0.252 e. The van der Waals surface area contributed by atoms with Crippen LogP contribution in [0.1, 0.15) is 44.3 Å². The van der Waals surface area contributed by atoms with Gasteiger partial charge in [0.15, 0.2) is 0 Å². The highest BCUT2D eigenvalue weighted by atomic mass is 35.5. The van der Waals surface area contributed by atoms with E-state index in [9.17, 15) is 4.79 Å². The number of rotatable bonds is 5. The van der Waals surface area contributed by atoms with Crippen molar-refractivity contribution >= 4 is 42.1 Å². The maximum atomic E-state index is 12.4. The van der Waals surface area contributed by atoms with Gasteiger partial charge in [0, 0.05) is 30.9 Å². The van der Waals surface area contributed by atoms with E-state index in [2.05, 4.69) is 41.8 Å². The third kappa shape index (κ3) is 5.85. The summed E-state index contributed by atoms with van der Waals surface area (Å²) in [7, 11) is 1.63. The van der Waals surface area contributed by atoms with Gasteiger partial charge in [-0.2, -0.15) is 0 Å². The van der Waals surface area contributed by atoms with E-state index >= 15 is 0 Å². The van der Waals surface area contributed by atoms with E-state index in [1.165, 1.54) is 0 Å². The van der Waals surface area contributed by atoms with E-state index in [4.69, 9.17) is 4.74 Å². The standard InChI is InChI=1S/C16H27N3O2S.2ClH/c1-15(2,3)12-11-22-13(19-12)5-8-18-14(20)16(21-4)6-9-17-10-7-16;;/h11,17H,5-10H2,1-4H3,(H,18,20);2*1H. The van der Waals surface area contributed by atoms with Crippen molar-refractivity contribution in [2.24, 2.45) is 0 Å². The molecule has 5 nitrogen and oxygen atoms in total. The second-order valence-corrected chi connectivity index (χ2v) is 7.77. The Balaban J connectivity index is 0.00000264. The van der Waals surface area contributed by atoms with Crippen molar-refractivity contribution in [2.45, 2.75) is 51.0 Å². The number of hydrogen-bond acceptors (Lipinski definition) is 5. The van der Waals surface area contributed by atoms with E-state index in [1.54, 1.807) is 18.4 Å². The van der Waals surface area contributed by atoms with Crippen molar-refractivity contribution in [1.82, 2.24) is 15.6 Å². The number of carbonyl (C=O) groups is 1. The van der Waals surface area contributed by atoms with Gasteiger partial charge in [-0.25, -0.2) is 4.98 Å². The van der Waals surface area contributed by atoms with Gasteiger partial charge in [0.05, 0.1) is 10.7 Å². The van der Waals surface area contributed by atoms with Crippen molar-refractivity contribution in [2.75, 3.05) is 26.7 Å². The first-order valence-electron chi connectivity index (χ1n) is 7.86. The number of aromatic nitrogens is 1. The van der Waals surface area contributed by atoms with Crippen LogP contribution in [0, 0.1) is 0 Å². The van der Waals surface area contributed by atoms with Gasteiger partial charge in [-0.15, -0.1) is 36.2 Å². The summed E-state index contributed by atoms with van der Waals surface area (Å²) in [5.74, 6) is 0.00380. The fraction of sp³-hybridized carbons (Fsp3) is 0.750. The smallest absolute Gasteiger partial charge is 0.252 e. The number of hydrogen-bond donors (Lipinski definition) is 2. The summed E-state index contributed by atoms with van der Waals surface area (Å²) >= 11 is 1.66. The molecule has 0 bridgehead atoms. The minimum Gasteiger partial charge on any atom is -0.368 e. The number of methoxy groups -OCH3 is 1. The Morgan fingerprint density at radius 1 is 1.38 bits per heavy atom. The summed E-state index contributed by atoms with van der Waals surface area (Å²) in [5, 5.41) is 9.46. The average Bonchev–Trinajstić information content (AvgIpc) is 2.97. The Hall–Kier alpha value is -0.400. The van der Waals surface area contributed by atoms with Crippen LogP contribution < -0.4 is 10.6 Å². The van der Waals surface area contributed by atoms with Gasteiger partial charge in [0.1, 0.15) is 5.60 Å². The summed E-state index contributed by atoms with van der Waals surface area (Å²) in [4.78, 5) is 17.1. The van der Waals surface area contributed by atoms with Crippen LogP contribution in [0.25, 0.3) is 0 Å². The number of nitrogens with one attached hydrogen (secondary N) is 2. The number of amides is 1. The van der Waals surface area contributed by atoms with E-state index in [0.29, 0.717) is 6.54 Å². The molecule has 1 saturated heterocycles. The number of ether oxygens (including phenoxy) is 1. The third-order valence-electron chi connectivity index (χ3n) is 4.16. The molecule has 0 radical (unpaired) electrons. The molecule has 2 N–H and O–H groups in total. The van der Waals surface area contributed by atoms with Crippen LogP contribution in [0.2, 0.25) is 0 Å². The van der Waals surface area contributed by atoms with Gasteiger partial charge in [-0.05, 0) is 25.9 Å². The first-order valence-corrected chi connectivity index (χ1v) is 8.74. The predicted octanol–water partition coefficient (Wildman–Crippen LogP) is 2.71. The molecule has 8 heteroatoms. The summed E-state index contributed by atoms with van der Waals surface area (Å²) in [5.41, 5.74) is 0.531. The summed E-state index contributed by atoms with van der Waals surface area (Å²) < 4.78 is 5.53. The molecule has 2 heterocycles. The summed E-state index contributed by atoms with van der Waals surface area (Å²) in [6.45, 7) is 8.73. The Bertz CT molecular complexity index is 512. The maximum absolute atomic E-state index is 12.4. The summed E-state index contributed by atoms with van der Waals surface area (Å²) in [6.07, 6.45) is 2.21. The number of halogens is 2. The average molecular weight is 398 g/mol. The monoisotopic (exact) mass is 397 g/mol. The molecule has 1 aromatic heterocycles. The topological polar surface area (TPSA) is 63.2 Å². The minimum absolute atomic E-state index is 0. The van der Waals surface area contributed by atoms with Gasteiger partial charge in [0.2, 0.25) is 0 Å². The number of thiazole rings is 1. The van der Waals surface area contributed by atoms with Gasteiger partial charge >= 0.3 is 0 Å². The van der Waals surface area contributed by atoms with E-state index in [1.807, 2.05) is 0 Å². The fourth-order valence-electron chi connectivity index (χ4n) is 2.57. The molecule has 24 heavy (non-hydrogen) atoms. The number of carbonyl (C=O) groups excluding carboxylic acids is 1. The van der Waals surface area contributed by atoms with Crippen LogP contribution in [0.4, 0.5) is 0 Å². The van der Waals surface area contributed by atoms with Gasteiger partial charge in [0.25, 0.3) is 5.91 Å². The Kier molecular flexibility index (Phi) is 9.76. The molecule has 0 spiro atoms. The zero-order valence-electron chi connectivity index (χ0n) is 14.8. The van der Waals surface area contributed by atoms with Crippen LogP contribution >= 0.6 is 36.2 Å². The van der Waals surface area contributed by atoms with Crippen molar-refractivity contribution in [3.63, 3.8) is 0 Å². The highest BCUT2D eigenvalue weighted by molar-refractivity contribution is 7.09. The van der Waals surface area contributed by atoms with Crippen LogP contribution in [0.5, 0.6) is 0 Å². The quantitative estimate of drug-likeness (QED) is 0.801. The van der Waals surface area contributed by atoms with E-state index < -0.39 is 5.60 Å². The molecular weight excluding hydrogens is 369 g/mol. The first-order chi connectivity index (χ1) is 10.4. The lowest BCUT2D eigenvalue weighted by Crippen LogP contribution is -2.54. The lowest BCUT2D eigenvalue weighted by Gasteiger charge is -2.34. The molecule has 0 atom stereocenters. The normalized spacial score (nSPS) is 16.7. The molecule has 1 aromatic rings. The molecule has 1 aliphatic rings. The van der Waals surface area contributed by atoms with Gasteiger partial charge in [-0.1, -0.05) is 20.8 Å². The zero-order chi connectivity index (χ0) is 16.2. The zero-order valence-corrected chi connectivity index (χ0v) is 17.3. The van der Waals surface area contributed by atoms with E-state index in [-0.39, 0.29) is 36.1 Å². The molecule has 0 aromatic carbocycles. The first kappa shape index (κ1) is 23.6. The lowest BCUT2D eigenvalue weighted by atomic mass is 9.91. The predicted molar refractivity (Wildman–Crippen MR) is 104 cm³/mol. The number of piperidine rings is 1. The molecule has 1 fully saturated rings. The molecule has 1 aliphatic heterocycles. The summed E-state index contributed by atoms with van der Waals surface area (Å²) in [6, 6.07) is 0. The van der Waals surface area contributed by atoms with Crippen LogP contribution in [-0.4, -0.2) is 43.2 Å². The SMILES string of the molecule is COC1(C(=O)NCCc2nc(C(C)(C)C)cs2)CCNCC1.Cl.Cl. The Morgan fingerprint density at radius 2 is 2.00 bits per heavy atom. The molecule has 140 valence electrons. The largest absolute Gasteiger partial charge is 0.368 e. The van der Waals surface area contributed by atoms with Crippen LogP contribution in [-0.2, 0) is 21.4 Å². The molecule has 0 aliphatic carbocycles. The van der Waals surface area contributed by atoms with Crippen molar-refractivity contribution in [1.29, 1.82) is 0 Å². The molecule has 0 saturated carbocycles. The van der Waals surface area contributed by atoms with Crippen molar-refractivity contribution in [3.05, 3.63) is 16.1 Å².